The van der Waals surface area contributed by atoms with Crippen molar-refractivity contribution in [3.8, 4) is 17.1 Å². The summed E-state index contributed by atoms with van der Waals surface area (Å²) < 4.78 is 13.6. The third-order valence-electron chi connectivity index (χ3n) is 6.76. The summed E-state index contributed by atoms with van der Waals surface area (Å²) in [7, 11) is 0. The molecular formula is C27H34N6O4. The van der Waals surface area contributed by atoms with E-state index in [9.17, 15) is 9.59 Å². The molecule has 2 aromatic heterocycles. The minimum atomic E-state index is -0.520. The highest BCUT2D eigenvalue weighted by Gasteiger charge is 2.30. The molecule has 2 aliphatic rings. The van der Waals surface area contributed by atoms with Gasteiger partial charge in [0.2, 0.25) is 11.8 Å². The number of fused-ring (bicyclic) bond motifs is 1. The Morgan fingerprint density at radius 1 is 1.19 bits per heavy atom. The number of hydrogen-bond donors (Lipinski definition) is 2. The Morgan fingerprint density at radius 3 is 2.68 bits per heavy atom. The maximum Gasteiger partial charge on any atom is 0.410 e. The molecule has 1 aromatic carbocycles. The minimum Gasteiger partial charge on any atom is -0.473 e. The molecule has 37 heavy (non-hydrogen) atoms. The minimum absolute atomic E-state index is 0.0133. The summed E-state index contributed by atoms with van der Waals surface area (Å²) in [6, 6.07) is 10.0. The Kier molecular flexibility index (Phi) is 6.76. The van der Waals surface area contributed by atoms with Gasteiger partial charge < -0.3 is 25.0 Å². The van der Waals surface area contributed by atoms with Gasteiger partial charge in [-0.15, -0.1) is 0 Å². The lowest BCUT2D eigenvalue weighted by atomic mass is 10.0. The third-order valence-corrected chi connectivity index (χ3v) is 6.76. The predicted octanol–water partition coefficient (Wildman–Crippen LogP) is 3.18. The highest BCUT2D eigenvalue weighted by molar-refractivity contribution is 5.78. The Labute approximate surface area is 216 Å². The fourth-order valence-electron chi connectivity index (χ4n) is 4.71. The van der Waals surface area contributed by atoms with E-state index in [1.165, 1.54) is 0 Å². The molecule has 10 heteroatoms. The molecule has 196 valence electrons. The van der Waals surface area contributed by atoms with Crippen molar-refractivity contribution in [2.24, 2.45) is 5.92 Å². The second-order valence-corrected chi connectivity index (χ2v) is 10.7. The highest BCUT2D eigenvalue weighted by Crippen LogP contribution is 2.28. The summed E-state index contributed by atoms with van der Waals surface area (Å²) >= 11 is 0. The van der Waals surface area contributed by atoms with Crippen LogP contribution < -0.4 is 15.4 Å². The van der Waals surface area contributed by atoms with Crippen molar-refractivity contribution in [2.75, 3.05) is 26.2 Å². The smallest absolute Gasteiger partial charge is 0.410 e. The number of carbonyl (C=O) groups is 2. The van der Waals surface area contributed by atoms with E-state index in [0.717, 1.165) is 22.3 Å². The Balaban J connectivity index is 1.33. The van der Waals surface area contributed by atoms with Crippen LogP contribution in [-0.2, 0) is 9.53 Å². The van der Waals surface area contributed by atoms with Gasteiger partial charge in [-0.25, -0.2) is 14.3 Å². The van der Waals surface area contributed by atoms with Gasteiger partial charge in [-0.05, 0) is 39.3 Å². The largest absolute Gasteiger partial charge is 0.473 e. The molecule has 5 rings (SSSR count). The fraction of sp³-hybridized carbons (Fsp3) is 0.481. The molecule has 3 atom stereocenters. The van der Waals surface area contributed by atoms with Crippen LogP contribution in [0.15, 0.2) is 42.7 Å². The zero-order chi connectivity index (χ0) is 26.2. The van der Waals surface area contributed by atoms with E-state index in [2.05, 4.69) is 27.9 Å². The quantitative estimate of drug-likeness (QED) is 0.547. The molecule has 2 saturated heterocycles. The number of nitrogens with zero attached hydrogens (tertiary/aromatic N) is 4. The van der Waals surface area contributed by atoms with Crippen LogP contribution in [0.3, 0.4) is 0 Å². The van der Waals surface area contributed by atoms with Gasteiger partial charge in [0.15, 0.2) is 0 Å². The first-order valence-corrected chi connectivity index (χ1v) is 12.8. The van der Waals surface area contributed by atoms with Gasteiger partial charge in [-0.3, -0.25) is 4.79 Å². The zero-order valence-corrected chi connectivity index (χ0v) is 21.7. The Hall–Kier alpha value is -3.66. The second-order valence-electron chi connectivity index (χ2n) is 10.7. The molecule has 0 saturated carbocycles. The van der Waals surface area contributed by atoms with E-state index in [-0.39, 0.29) is 30.1 Å². The zero-order valence-electron chi connectivity index (χ0n) is 21.7. The summed E-state index contributed by atoms with van der Waals surface area (Å²) in [5.74, 6) is 0.648. The molecule has 0 bridgehead atoms. The van der Waals surface area contributed by atoms with Crippen LogP contribution in [0.5, 0.6) is 5.88 Å². The standard InChI is InChI=1S/C27H34N6O4/c1-17(20-13-24(34)29-14-20)36-25-23-9-10-30-33(23)16-22(31-25)19-7-5-18(6-8-19)21-15-32(12-11-28-21)26(35)37-27(2,3)4/h5-10,16-17,20-21,28H,11-15H2,1-4H3,(H,29,34)/t17-,20-,21?/m1/s1. The summed E-state index contributed by atoms with van der Waals surface area (Å²) in [6.07, 6.45) is 3.59. The van der Waals surface area contributed by atoms with Gasteiger partial charge in [0.05, 0.1) is 24.1 Å². The average molecular weight is 507 g/mol. The van der Waals surface area contributed by atoms with Gasteiger partial charge in [0.25, 0.3) is 0 Å². The molecule has 0 aliphatic carbocycles. The predicted molar refractivity (Wildman–Crippen MR) is 138 cm³/mol. The van der Waals surface area contributed by atoms with E-state index in [0.29, 0.717) is 38.5 Å². The van der Waals surface area contributed by atoms with Crippen LogP contribution in [0.1, 0.15) is 45.7 Å². The number of ether oxygens (including phenoxy) is 2. The maximum absolute atomic E-state index is 12.6. The lowest BCUT2D eigenvalue weighted by Crippen LogP contribution is -2.49. The number of nitrogens with one attached hydrogen (secondary N) is 2. The lowest BCUT2D eigenvalue weighted by Gasteiger charge is -2.35. The first-order chi connectivity index (χ1) is 17.7. The van der Waals surface area contributed by atoms with Gasteiger partial charge in [0.1, 0.15) is 17.2 Å². The molecular weight excluding hydrogens is 472 g/mol. The van der Waals surface area contributed by atoms with Gasteiger partial charge in [-0.2, -0.15) is 5.10 Å². The van der Waals surface area contributed by atoms with Gasteiger partial charge >= 0.3 is 6.09 Å². The Bertz CT molecular complexity index is 1280. The van der Waals surface area contributed by atoms with E-state index in [4.69, 9.17) is 14.5 Å². The van der Waals surface area contributed by atoms with Crippen molar-refractivity contribution in [1.29, 1.82) is 0 Å². The van der Waals surface area contributed by atoms with E-state index < -0.39 is 5.60 Å². The number of hydrogen-bond acceptors (Lipinski definition) is 7. The van der Waals surface area contributed by atoms with E-state index in [1.807, 2.05) is 52.1 Å². The lowest BCUT2D eigenvalue weighted by molar-refractivity contribution is -0.119. The monoisotopic (exact) mass is 506 g/mol. The van der Waals surface area contributed by atoms with Crippen LogP contribution in [0.25, 0.3) is 16.8 Å². The SMILES string of the molecule is C[C@@H](Oc1nc(-c2ccc(C3CN(C(=O)OC(C)(C)C)CCN3)cc2)cn2nccc12)[C@H]1CNC(=O)C1. The summed E-state index contributed by atoms with van der Waals surface area (Å²) in [4.78, 5) is 30.8. The molecule has 10 nitrogen and oxygen atoms in total. The number of piperazine rings is 1. The highest BCUT2D eigenvalue weighted by atomic mass is 16.6. The van der Waals surface area contributed by atoms with Crippen molar-refractivity contribution in [2.45, 2.75) is 51.9 Å². The van der Waals surface area contributed by atoms with Crippen LogP contribution in [0.4, 0.5) is 4.79 Å². The number of benzene rings is 1. The van der Waals surface area contributed by atoms with Crippen LogP contribution in [0, 0.1) is 5.92 Å². The number of rotatable bonds is 5. The van der Waals surface area contributed by atoms with Crippen LogP contribution >= 0.6 is 0 Å². The van der Waals surface area contributed by atoms with Gasteiger partial charge in [0, 0.05) is 44.1 Å². The molecule has 2 fully saturated rings. The molecule has 0 radical (unpaired) electrons. The fourth-order valence-corrected chi connectivity index (χ4v) is 4.71. The molecule has 4 heterocycles. The van der Waals surface area contributed by atoms with Crippen molar-refractivity contribution >= 4 is 17.5 Å². The number of amides is 2. The normalized spacial score (nSPS) is 21.1. The number of aromatic nitrogens is 3. The van der Waals surface area contributed by atoms with Crippen molar-refractivity contribution < 1.29 is 19.1 Å². The molecule has 2 amide bonds. The first kappa shape index (κ1) is 25.0. The third kappa shape index (κ3) is 5.69. The topological polar surface area (TPSA) is 110 Å². The first-order valence-electron chi connectivity index (χ1n) is 12.8. The van der Waals surface area contributed by atoms with Crippen molar-refractivity contribution in [3.05, 3.63) is 48.3 Å². The van der Waals surface area contributed by atoms with Gasteiger partial charge in [-0.1, -0.05) is 24.3 Å². The maximum atomic E-state index is 12.6. The van der Waals surface area contributed by atoms with E-state index >= 15 is 0 Å². The average Bonchev–Trinajstić information content (AvgIpc) is 3.52. The van der Waals surface area contributed by atoms with Crippen LogP contribution in [-0.4, -0.2) is 69.4 Å². The molecule has 2 N–H and O–H groups in total. The molecule has 1 unspecified atom stereocenters. The van der Waals surface area contributed by atoms with E-state index in [1.54, 1.807) is 15.6 Å². The number of carbonyl (C=O) groups excluding carboxylic acids is 2. The summed E-state index contributed by atoms with van der Waals surface area (Å²) in [5.41, 5.74) is 3.00. The summed E-state index contributed by atoms with van der Waals surface area (Å²) in [5, 5.41) is 10.8. The molecule has 0 spiro atoms. The van der Waals surface area contributed by atoms with Crippen molar-refractivity contribution in [1.82, 2.24) is 30.1 Å². The molecule has 2 aliphatic heterocycles. The van der Waals surface area contributed by atoms with Crippen molar-refractivity contribution in [3.63, 3.8) is 0 Å². The Morgan fingerprint density at radius 2 is 1.97 bits per heavy atom. The summed E-state index contributed by atoms with van der Waals surface area (Å²) in [6.45, 7) is 10.1. The van der Waals surface area contributed by atoms with Crippen LogP contribution in [0.2, 0.25) is 0 Å². The second kappa shape index (κ2) is 10.0. The molecule has 3 aromatic rings.